The summed E-state index contributed by atoms with van der Waals surface area (Å²) in [4.78, 5) is 4.26. The first-order valence-electron chi connectivity index (χ1n) is 6.20. The fraction of sp³-hybridized carbons (Fsp3) is 0.267. The molecule has 0 aliphatic rings. The van der Waals surface area contributed by atoms with Gasteiger partial charge in [0.15, 0.2) is 0 Å². The minimum absolute atomic E-state index is 0.642. The Hall–Kier alpha value is -1.87. The van der Waals surface area contributed by atoms with Crippen LogP contribution in [0.2, 0.25) is 0 Å². The molecule has 0 saturated carbocycles. The van der Waals surface area contributed by atoms with Gasteiger partial charge in [0.25, 0.3) is 0 Å². The number of hydrogen-bond donors (Lipinski definition) is 1. The minimum Gasteiger partial charge on any atom is -0.493 e. The van der Waals surface area contributed by atoms with Crippen molar-refractivity contribution < 1.29 is 4.74 Å². The standard InChI is InChI=1S/C15H18N2O/c16-9-7-13-4-3-6-15(12-13)18-11-8-14-5-1-2-10-17-14/h1-6,10,12H,7-9,11,16H2. The lowest BCUT2D eigenvalue weighted by atomic mass is 10.1. The van der Waals surface area contributed by atoms with E-state index >= 15 is 0 Å². The van der Waals surface area contributed by atoms with E-state index in [0.29, 0.717) is 13.2 Å². The van der Waals surface area contributed by atoms with Gasteiger partial charge in [0.2, 0.25) is 0 Å². The van der Waals surface area contributed by atoms with Gasteiger partial charge in [-0.15, -0.1) is 0 Å². The molecule has 0 bridgehead atoms. The van der Waals surface area contributed by atoms with Gasteiger partial charge in [-0.05, 0) is 42.8 Å². The van der Waals surface area contributed by atoms with E-state index in [1.807, 2.05) is 36.4 Å². The van der Waals surface area contributed by atoms with Gasteiger partial charge < -0.3 is 10.5 Å². The largest absolute Gasteiger partial charge is 0.493 e. The fourth-order valence-electron chi connectivity index (χ4n) is 1.78. The number of nitrogens with zero attached hydrogens (tertiary/aromatic N) is 1. The number of pyridine rings is 1. The molecule has 0 spiro atoms. The lowest BCUT2D eigenvalue weighted by molar-refractivity contribution is 0.320. The molecule has 0 unspecified atom stereocenters. The van der Waals surface area contributed by atoms with Crippen LogP contribution in [-0.2, 0) is 12.8 Å². The highest BCUT2D eigenvalue weighted by molar-refractivity contribution is 5.28. The highest BCUT2D eigenvalue weighted by Crippen LogP contribution is 2.13. The Bertz CT molecular complexity index is 471. The van der Waals surface area contributed by atoms with Crippen LogP contribution >= 0.6 is 0 Å². The number of aromatic nitrogens is 1. The molecule has 94 valence electrons. The Kier molecular flexibility index (Phi) is 4.73. The molecule has 0 fully saturated rings. The summed E-state index contributed by atoms with van der Waals surface area (Å²) in [5.74, 6) is 0.900. The summed E-state index contributed by atoms with van der Waals surface area (Å²) in [6, 6.07) is 14.0. The zero-order chi connectivity index (χ0) is 12.6. The second kappa shape index (κ2) is 6.77. The average molecular weight is 242 g/mol. The summed E-state index contributed by atoms with van der Waals surface area (Å²) in [5.41, 5.74) is 7.80. The molecule has 0 amide bonds. The topological polar surface area (TPSA) is 48.1 Å². The average Bonchev–Trinajstić information content (AvgIpc) is 2.41. The van der Waals surface area contributed by atoms with E-state index in [-0.39, 0.29) is 0 Å². The zero-order valence-corrected chi connectivity index (χ0v) is 10.4. The summed E-state index contributed by atoms with van der Waals surface area (Å²) in [6.45, 7) is 1.31. The van der Waals surface area contributed by atoms with Crippen LogP contribution in [0.1, 0.15) is 11.3 Å². The SMILES string of the molecule is NCCc1cccc(OCCc2ccccn2)c1. The predicted octanol–water partition coefficient (Wildman–Crippen LogP) is 2.20. The third kappa shape index (κ3) is 3.86. The van der Waals surface area contributed by atoms with Crippen molar-refractivity contribution in [2.75, 3.05) is 13.2 Å². The van der Waals surface area contributed by atoms with E-state index in [1.54, 1.807) is 6.20 Å². The number of hydrogen-bond acceptors (Lipinski definition) is 3. The van der Waals surface area contributed by atoms with E-state index in [9.17, 15) is 0 Å². The number of nitrogens with two attached hydrogens (primary N) is 1. The van der Waals surface area contributed by atoms with Crippen molar-refractivity contribution in [3.63, 3.8) is 0 Å². The predicted molar refractivity (Wildman–Crippen MR) is 72.6 cm³/mol. The van der Waals surface area contributed by atoms with Gasteiger partial charge in [0, 0.05) is 18.3 Å². The van der Waals surface area contributed by atoms with Crippen LogP contribution in [-0.4, -0.2) is 18.1 Å². The van der Waals surface area contributed by atoms with E-state index in [2.05, 4.69) is 11.1 Å². The van der Waals surface area contributed by atoms with Crippen LogP contribution in [0.5, 0.6) is 5.75 Å². The maximum atomic E-state index is 5.72. The third-order valence-electron chi connectivity index (χ3n) is 2.68. The van der Waals surface area contributed by atoms with Gasteiger partial charge in [-0.1, -0.05) is 18.2 Å². The van der Waals surface area contributed by atoms with Crippen molar-refractivity contribution in [2.45, 2.75) is 12.8 Å². The van der Waals surface area contributed by atoms with Crippen molar-refractivity contribution in [1.29, 1.82) is 0 Å². The van der Waals surface area contributed by atoms with Crippen molar-refractivity contribution in [1.82, 2.24) is 4.98 Å². The monoisotopic (exact) mass is 242 g/mol. The molecular weight excluding hydrogens is 224 g/mol. The molecule has 3 nitrogen and oxygen atoms in total. The first kappa shape index (κ1) is 12.6. The van der Waals surface area contributed by atoms with Crippen LogP contribution in [0.4, 0.5) is 0 Å². The number of rotatable bonds is 6. The molecule has 18 heavy (non-hydrogen) atoms. The van der Waals surface area contributed by atoms with Crippen LogP contribution in [0.25, 0.3) is 0 Å². The summed E-state index contributed by atoms with van der Waals surface area (Å²) in [5, 5.41) is 0. The van der Waals surface area contributed by atoms with Gasteiger partial charge in [-0.2, -0.15) is 0 Å². The Morgan fingerprint density at radius 2 is 2.00 bits per heavy atom. The van der Waals surface area contributed by atoms with Crippen molar-refractivity contribution in [3.05, 3.63) is 59.9 Å². The van der Waals surface area contributed by atoms with Crippen molar-refractivity contribution in [3.8, 4) is 5.75 Å². The minimum atomic E-state index is 0.642. The molecule has 1 heterocycles. The molecule has 1 aromatic heterocycles. The number of ether oxygens (including phenoxy) is 1. The number of benzene rings is 1. The molecule has 0 saturated heterocycles. The van der Waals surface area contributed by atoms with Crippen LogP contribution in [0.15, 0.2) is 48.7 Å². The van der Waals surface area contributed by atoms with Crippen molar-refractivity contribution in [2.24, 2.45) is 5.73 Å². The first-order valence-corrected chi connectivity index (χ1v) is 6.20. The second-order valence-electron chi connectivity index (χ2n) is 4.11. The quantitative estimate of drug-likeness (QED) is 0.844. The zero-order valence-electron chi connectivity index (χ0n) is 10.4. The molecule has 1 aromatic carbocycles. The molecular formula is C15H18N2O. The molecule has 2 aromatic rings. The third-order valence-corrected chi connectivity index (χ3v) is 2.68. The normalized spacial score (nSPS) is 10.3. The molecule has 2 N–H and O–H groups in total. The molecule has 0 aliphatic heterocycles. The Balaban J connectivity index is 1.84. The van der Waals surface area contributed by atoms with Crippen molar-refractivity contribution >= 4 is 0 Å². The maximum absolute atomic E-state index is 5.72. The fourth-order valence-corrected chi connectivity index (χ4v) is 1.78. The highest BCUT2D eigenvalue weighted by atomic mass is 16.5. The maximum Gasteiger partial charge on any atom is 0.119 e. The lowest BCUT2D eigenvalue weighted by Crippen LogP contribution is -2.04. The van der Waals surface area contributed by atoms with E-state index in [1.165, 1.54) is 5.56 Å². The summed E-state index contributed by atoms with van der Waals surface area (Å²) >= 11 is 0. The molecule has 0 radical (unpaired) electrons. The Morgan fingerprint density at radius 1 is 1.06 bits per heavy atom. The lowest BCUT2D eigenvalue weighted by Gasteiger charge is -2.07. The van der Waals surface area contributed by atoms with Gasteiger partial charge in [0.1, 0.15) is 5.75 Å². The second-order valence-corrected chi connectivity index (χ2v) is 4.11. The van der Waals surface area contributed by atoms with Gasteiger partial charge >= 0.3 is 0 Å². The van der Waals surface area contributed by atoms with E-state index in [0.717, 1.165) is 24.3 Å². The van der Waals surface area contributed by atoms with Gasteiger partial charge in [-0.25, -0.2) is 0 Å². The summed E-state index contributed by atoms with van der Waals surface area (Å²) in [6.07, 6.45) is 3.51. The summed E-state index contributed by atoms with van der Waals surface area (Å²) < 4.78 is 5.72. The molecule has 0 aliphatic carbocycles. The van der Waals surface area contributed by atoms with Gasteiger partial charge in [-0.3, -0.25) is 4.98 Å². The molecule has 0 atom stereocenters. The highest BCUT2D eigenvalue weighted by Gasteiger charge is 1.98. The first-order chi connectivity index (χ1) is 8.88. The van der Waals surface area contributed by atoms with E-state index < -0.39 is 0 Å². The van der Waals surface area contributed by atoms with Crippen LogP contribution in [0.3, 0.4) is 0 Å². The molecule has 3 heteroatoms. The van der Waals surface area contributed by atoms with Crippen LogP contribution < -0.4 is 10.5 Å². The van der Waals surface area contributed by atoms with Gasteiger partial charge in [0.05, 0.1) is 6.61 Å². The Labute approximate surface area is 108 Å². The smallest absolute Gasteiger partial charge is 0.119 e. The Morgan fingerprint density at radius 3 is 2.78 bits per heavy atom. The summed E-state index contributed by atoms with van der Waals surface area (Å²) in [7, 11) is 0. The van der Waals surface area contributed by atoms with Crippen LogP contribution in [0, 0.1) is 0 Å². The van der Waals surface area contributed by atoms with E-state index in [4.69, 9.17) is 10.5 Å². The molecule has 2 rings (SSSR count).